The summed E-state index contributed by atoms with van der Waals surface area (Å²) in [5, 5.41) is 0.580. The Hall–Kier alpha value is -2.44. The maximum atomic E-state index is 13.7. The van der Waals surface area contributed by atoms with E-state index in [9.17, 15) is 9.18 Å². The molecule has 0 aliphatic heterocycles. The lowest BCUT2D eigenvalue weighted by Gasteiger charge is -2.17. The van der Waals surface area contributed by atoms with Gasteiger partial charge in [-0.05, 0) is 31.2 Å². The first-order valence-electron chi connectivity index (χ1n) is 7.24. The van der Waals surface area contributed by atoms with Crippen molar-refractivity contribution in [3.05, 3.63) is 63.4 Å². The lowest BCUT2D eigenvalue weighted by Crippen LogP contribution is -2.27. The van der Waals surface area contributed by atoms with Gasteiger partial charge in [0.2, 0.25) is 0 Å². The van der Waals surface area contributed by atoms with Crippen molar-refractivity contribution in [2.24, 2.45) is 5.73 Å². The molecule has 1 aromatic heterocycles. The molecular formula is C17H15ClFN3O2. The highest BCUT2D eigenvalue weighted by atomic mass is 35.5. The summed E-state index contributed by atoms with van der Waals surface area (Å²) in [4.78, 5) is 17.5. The fourth-order valence-corrected chi connectivity index (χ4v) is 2.80. The number of nitrogens with zero attached hydrogens (tertiary/aromatic N) is 2. The van der Waals surface area contributed by atoms with E-state index in [0.717, 1.165) is 0 Å². The summed E-state index contributed by atoms with van der Waals surface area (Å²) < 4.78 is 20.0. The quantitative estimate of drug-likeness (QED) is 0.789. The highest BCUT2D eigenvalue weighted by molar-refractivity contribution is 6.35. The Morgan fingerprint density at radius 2 is 2.08 bits per heavy atom. The molecule has 0 radical (unpaired) electrons. The molecular weight excluding hydrogens is 333 g/mol. The number of methoxy groups -OCH3 is 1. The van der Waals surface area contributed by atoms with Crippen molar-refractivity contribution in [2.75, 3.05) is 7.11 Å². The highest BCUT2D eigenvalue weighted by Crippen LogP contribution is 2.25. The molecule has 0 saturated carbocycles. The lowest BCUT2D eigenvalue weighted by atomic mass is 10.2. The van der Waals surface area contributed by atoms with Crippen LogP contribution in [0.15, 0.2) is 41.2 Å². The predicted octanol–water partition coefficient (Wildman–Crippen LogP) is 3.21. The second-order valence-electron chi connectivity index (χ2n) is 5.35. The van der Waals surface area contributed by atoms with Crippen molar-refractivity contribution in [3.63, 3.8) is 0 Å². The Labute approximate surface area is 142 Å². The molecule has 0 fully saturated rings. The molecule has 3 aromatic rings. The zero-order chi connectivity index (χ0) is 17.4. The molecule has 1 atom stereocenters. The first-order valence-corrected chi connectivity index (χ1v) is 7.62. The summed E-state index contributed by atoms with van der Waals surface area (Å²) in [5.41, 5.74) is 6.49. The van der Waals surface area contributed by atoms with Gasteiger partial charge in [-0.2, -0.15) is 0 Å². The van der Waals surface area contributed by atoms with Gasteiger partial charge in [0.15, 0.2) is 11.6 Å². The van der Waals surface area contributed by atoms with Gasteiger partial charge in [0, 0.05) is 6.07 Å². The van der Waals surface area contributed by atoms with Gasteiger partial charge in [0.25, 0.3) is 5.56 Å². The number of nitrogens with two attached hydrogens (primary N) is 1. The molecule has 0 saturated heterocycles. The summed E-state index contributed by atoms with van der Waals surface area (Å²) in [6, 6.07) is 8.63. The van der Waals surface area contributed by atoms with E-state index in [1.807, 2.05) is 0 Å². The third kappa shape index (κ3) is 2.64. The van der Waals surface area contributed by atoms with Gasteiger partial charge >= 0.3 is 0 Å². The first-order chi connectivity index (χ1) is 11.4. The third-order valence-corrected chi connectivity index (χ3v) is 3.99. The monoisotopic (exact) mass is 347 g/mol. The molecule has 7 heteroatoms. The van der Waals surface area contributed by atoms with Gasteiger partial charge in [-0.3, -0.25) is 9.36 Å². The number of hydrogen-bond acceptors (Lipinski definition) is 4. The highest BCUT2D eigenvalue weighted by Gasteiger charge is 2.18. The van der Waals surface area contributed by atoms with Crippen LogP contribution in [-0.2, 0) is 0 Å². The van der Waals surface area contributed by atoms with Crippen LogP contribution in [-0.4, -0.2) is 16.7 Å². The van der Waals surface area contributed by atoms with E-state index in [4.69, 9.17) is 22.1 Å². The molecule has 24 heavy (non-hydrogen) atoms. The van der Waals surface area contributed by atoms with Crippen LogP contribution in [0.25, 0.3) is 16.6 Å². The Balaban J connectivity index is 2.42. The van der Waals surface area contributed by atoms with Crippen LogP contribution in [0, 0.1) is 5.82 Å². The largest absolute Gasteiger partial charge is 0.494 e. The number of aromatic nitrogens is 2. The summed E-state index contributed by atoms with van der Waals surface area (Å²) in [6.07, 6.45) is 0. The van der Waals surface area contributed by atoms with Crippen molar-refractivity contribution in [1.82, 2.24) is 9.55 Å². The second kappa shape index (κ2) is 6.22. The average Bonchev–Trinajstić information content (AvgIpc) is 2.55. The Morgan fingerprint density at radius 3 is 2.75 bits per heavy atom. The molecule has 0 amide bonds. The fourth-order valence-electron chi connectivity index (χ4n) is 2.55. The molecule has 2 aromatic carbocycles. The van der Waals surface area contributed by atoms with E-state index in [1.54, 1.807) is 25.1 Å². The fraction of sp³-hybridized carbons (Fsp3) is 0.176. The minimum atomic E-state index is -0.525. The molecule has 0 aliphatic carbocycles. The van der Waals surface area contributed by atoms with Gasteiger partial charge in [0.05, 0.1) is 34.8 Å². The zero-order valence-electron chi connectivity index (χ0n) is 13.1. The Morgan fingerprint density at radius 1 is 1.33 bits per heavy atom. The molecule has 1 heterocycles. The molecule has 0 bridgehead atoms. The van der Waals surface area contributed by atoms with Crippen molar-refractivity contribution in [3.8, 4) is 11.4 Å². The number of ether oxygens (including phenoxy) is 1. The number of halogens is 2. The Kier molecular flexibility index (Phi) is 4.26. The van der Waals surface area contributed by atoms with Crippen molar-refractivity contribution < 1.29 is 9.13 Å². The maximum absolute atomic E-state index is 13.7. The Bertz CT molecular complexity index is 985. The second-order valence-corrected chi connectivity index (χ2v) is 5.76. The SMILES string of the molecule is COc1cc(-n2c(C(C)N)nc3cccc(Cl)c3c2=O)ccc1F. The average molecular weight is 348 g/mol. The van der Waals surface area contributed by atoms with E-state index in [2.05, 4.69) is 4.98 Å². The number of hydrogen-bond donors (Lipinski definition) is 1. The molecule has 5 nitrogen and oxygen atoms in total. The van der Waals surface area contributed by atoms with E-state index in [-0.39, 0.29) is 16.7 Å². The van der Waals surface area contributed by atoms with Gasteiger partial charge in [-0.15, -0.1) is 0 Å². The van der Waals surface area contributed by atoms with Crippen LogP contribution in [0.3, 0.4) is 0 Å². The van der Waals surface area contributed by atoms with E-state index in [0.29, 0.717) is 22.1 Å². The lowest BCUT2D eigenvalue weighted by molar-refractivity contribution is 0.386. The van der Waals surface area contributed by atoms with Crippen molar-refractivity contribution >= 4 is 22.5 Å². The molecule has 124 valence electrons. The zero-order valence-corrected chi connectivity index (χ0v) is 13.8. The summed E-state index contributed by atoms with van der Waals surface area (Å²) in [7, 11) is 1.35. The van der Waals surface area contributed by atoms with Crippen LogP contribution in [0.1, 0.15) is 18.8 Å². The van der Waals surface area contributed by atoms with Crippen LogP contribution in [0.4, 0.5) is 4.39 Å². The smallest absolute Gasteiger partial charge is 0.267 e. The first kappa shape index (κ1) is 16.4. The van der Waals surface area contributed by atoms with Gasteiger partial charge in [0.1, 0.15) is 5.82 Å². The van der Waals surface area contributed by atoms with Crippen LogP contribution >= 0.6 is 11.6 Å². The van der Waals surface area contributed by atoms with E-state index < -0.39 is 11.9 Å². The van der Waals surface area contributed by atoms with Crippen LogP contribution < -0.4 is 16.0 Å². The standard InChI is InChI=1S/C17H15ClFN3O2/c1-9(20)16-21-13-5-3-4-11(18)15(13)17(23)22(16)10-6-7-12(19)14(8-10)24-2/h3-9H,20H2,1-2H3. The topological polar surface area (TPSA) is 70.1 Å². The number of benzene rings is 2. The number of fused-ring (bicyclic) bond motifs is 1. The third-order valence-electron chi connectivity index (χ3n) is 3.67. The van der Waals surface area contributed by atoms with Crippen LogP contribution in [0.5, 0.6) is 5.75 Å². The van der Waals surface area contributed by atoms with E-state index in [1.165, 1.54) is 29.9 Å². The summed E-state index contributed by atoms with van der Waals surface area (Å²) in [5.74, 6) is -0.152. The van der Waals surface area contributed by atoms with Gasteiger partial charge in [-0.25, -0.2) is 9.37 Å². The van der Waals surface area contributed by atoms with Crippen molar-refractivity contribution in [2.45, 2.75) is 13.0 Å². The summed E-state index contributed by atoms with van der Waals surface area (Å²) in [6.45, 7) is 1.72. The molecule has 0 aliphatic rings. The minimum absolute atomic E-state index is 0.0225. The minimum Gasteiger partial charge on any atom is -0.494 e. The number of rotatable bonds is 3. The van der Waals surface area contributed by atoms with Crippen LogP contribution in [0.2, 0.25) is 5.02 Å². The van der Waals surface area contributed by atoms with Gasteiger partial charge < -0.3 is 10.5 Å². The molecule has 0 spiro atoms. The maximum Gasteiger partial charge on any atom is 0.267 e. The van der Waals surface area contributed by atoms with Gasteiger partial charge in [-0.1, -0.05) is 17.7 Å². The predicted molar refractivity (Wildman–Crippen MR) is 91.5 cm³/mol. The molecule has 2 N–H and O–H groups in total. The van der Waals surface area contributed by atoms with E-state index >= 15 is 0 Å². The molecule has 1 unspecified atom stereocenters. The van der Waals surface area contributed by atoms with Crippen molar-refractivity contribution in [1.29, 1.82) is 0 Å². The molecule has 3 rings (SSSR count). The summed E-state index contributed by atoms with van der Waals surface area (Å²) >= 11 is 6.17. The normalized spacial score (nSPS) is 12.4.